The van der Waals surface area contributed by atoms with Gasteiger partial charge in [-0.3, -0.25) is 9.59 Å². The first-order chi connectivity index (χ1) is 8.50. The van der Waals surface area contributed by atoms with Crippen LogP contribution in [0.4, 0.5) is 0 Å². The van der Waals surface area contributed by atoms with E-state index in [9.17, 15) is 9.59 Å². The van der Waals surface area contributed by atoms with Crippen LogP contribution in [-0.2, 0) is 4.79 Å². The Labute approximate surface area is 110 Å². The average Bonchev–Trinajstić information content (AvgIpc) is 2.72. The van der Waals surface area contributed by atoms with Gasteiger partial charge in [-0.2, -0.15) is 0 Å². The molecule has 0 aromatic carbocycles. The van der Waals surface area contributed by atoms with Crippen molar-refractivity contribution in [3.8, 4) is 0 Å². The van der Waals surface area contributed by atoms with E-state index in [-0.39, 0.29) is 18.2 Å². The van der Waals surface area contributed by atoms with Gasteiger partial charge in [0.05, 0.1) is 5.69 Å². The number of nitrogens with one attached hydrogen (secondary N) is 1. The number of carbonyl (C=O) groups is 2. The van der Waals surface area contributed by atoms with Crippen LogP contribution in [0.15, 0.2) is 0 Å². The maximum Gasteiger partial charge on any atom is 0.303 e. The van der Waals surface area contributed by atoms with E-state index in [0.29, 0.717) is 23.5 Å². The summed E-state index contributed by atoms with van der Waals surface area (Å²) in [6.45, 7) is 4.26. The number of nitrogens with zero attached hydrogens (tertiary/aromatic N) is 2. The van der Waals surface area contributed by atoms with Crippen LogP contribution in [0.2, 0.25) is 0 Å². The number of aryl methyl sites for hydroxylation is 1. The van der Waals surface area contributed by atoms with Gasteiger partial charge < -0.3 is 10.4 Å². The largest absolute Gasteiger partial charge is 0.481 e. The number of carboxylic acids is 1. The number of hydrogen-bond donors (Lipinski definition) is 2. The summed E-state index contributed by atoms with van der Waals surface area (Å²) in [6, 6.07) is 0. The molecular formula is C11H17N3O3S. The zero-order valence-electron chi connectivity index (χ0n) is 10.5. The molecule has 0 radical (unpaired) electrons. The highest BCUT2D eigenvalue weighted by atomic mass is 32.1. The fourth-order valence-electron chi connectivity index (χ4n) is 1.47. The Bertz CT molecular complexity index is 419. The van der Waals surface area contributed by atoms with Gasteiger partial charge >= 0.3 is 5.97 Å². The smallest absolute Gasteiger partial charge is 0.303 e. The Hall–Kier alpha value is -1.50. The topological polar surface area (TPSA) is 92.2 Å². The molecular weight excluding hydrogens is 254 g/mol. The third kappa shape index (κ3) is 4.79. The Morgan fingerprint density at radius 3 is 2.72 bits per heavy atom. The van der Waals surface area contributed by atoms with Gasteiger partial charge in [-0.05, 0) is 37.2 Å². The molecule has 1 amide bonds. The molecule has 0 spiro atoms. The molecule has 1 rings (SSSR count). The summed E-state index contributed by atoms with van der Waals surface area (Å²) in [5.74, 6) is -0.660. The molecule has 0 aliphatic heterocycles. The Kier molecular flexibility index (Phi) is 5.70. The maximum absolute atomic E-state index is 11.7. The number of hydrogen-bond acceptors (Lipinski definition) is 5. The van der Waals surface area contributed by atoms with Crippen molar-refractivity contribution in [3.63, 3.8) is 0 Å². The summed E-state index contributed by atoms with van der Waals surface area (Å²) >= 11 is 1.08. The lowest BCUT2D eigenvalue weighted by molar-refractivity contribution is -0.137. The Morgan fingerprint density at radius 2 is 2.17 bits per heavy atom. The van der Waals surface area contributed by atoms with Gasteiger partial charge in [-0.15, -0.1) is 5.10 Å². The second kappa shape index (κ2) is 7.05. The number of carboxylic acid groups (broad SMARTS) is 1. The maximum atomic E-state index is 11.7. The Morgan fingerprint density at radius 1 is 1.44 bits per heavy atom. The summed E-state index contributed by atoms with van der Waals surface area (Å²) in [6.07, 6.45) is 1.57. The van der Waals surface area contributed by atoms with Crippen molar-refractivity contribution in [2.24, 2.45) is 5.92 Å². The van der Waals surface area contributed by atoms with Gasteiger partial charge in [-0.25, -0.2) is 0 Å². The van der Waals surface area contributed by atoms with E-state index in [2.05, 4.69) is 14.9 Å². The van der Waals surface area contributed by atoms with Crippen LogP contribution in [0.3, 0.4) is 0 Å². The molecule has 1 heterocycles. The molecule has 0 fully saturated rings. The summed E-state index contributed by atoms with van der Waals surface area (Å²) in [5, 5.41) is 15.1. The second-order valence-corrected chi connectivity index (χ2v) is 5.02. The third-order valence-electron chi connectivity index (χ3n) is 2.63. The van der Waals surface area contributed by atoms with Crippen molar-refractivity contribution in [2.75, 3.05) is 6.54 Å². The molecule has 18 heavy (non-hydrogen) atoms. The molecule has 0 aliphatic rings. The summed E-state index contributed by atoms with van der Waals surface area (Å²) < 4.78 is 3.70. The van der Waals surface area contributed by atoms with Gasteiger partial charge in [0.25, 0.3) is 5.91 Å². The number of carbonyl (C=O) groups excluding carboxylic acids is 1. The van der Waals surface area contributed by atoms with Crippen LogP contribution in [0.5, 0.6) is 0 Å². The van der Waals surface area contributed by atoms with E-state index in [1.165, 1.54) is 0 Å². The highest BCUT2D eigenvalue weighted by molar-refractivity contribution is 7.07. The SMILES string of the molecule is Cc1nnsc1C(=O)NCCC(C)CCC(=O)O. The van der Waals surface area contributed by atoms with Crippen LogP contribution in [-0.4, -0.2) is 33.1 Å². The first kappa shape index (κ1) is 14.6. The van der Waals surface area contributed by atoms with E-state index in [1.54, 1.807) is 6.92 Å². The number of rotatable bonds is 7. The van der Waals surface area contributed by atoms with Crippen LogP contribution in [0.25, 0.3) is 0 Å². The molecule has 7 heteroatoms. The minimum atomic E-state index is -0.780. The van der Waals surface area contributed by atoms with Crippen molar-refractivity contribution < 1.29 is 14.7 Å². The van der Waals surface area contributed by atoms with E-state index in [1.807, 2.05) is 6.92 Å². The quantitative estimate of drug-likeness (QED) is 0.783. The highest BCUT2D eigenvalue weighted by Crippen LogP contribution is 2.11. The lowest BCUT2D eigenvalue weighted by Gasteiger charge is -2.10. The molecule has 0 bridgehead atoms. The normalized spacial score (nSPS) is 12.1. The molecule has 6 nitrogen and oxygen atoms in total. The fourth-order valence-corrected chi connectivity index (χ4v) is 2.04. The van der Waals surface area contributed by atoms with Crippen molar-refractivity contribution in [1.82, 2.24) is 14.9 Å². The predicted molar refractivity (Wildman–Crippen MR) is 67.6 cm³/mol. The van der Waals surface area contributed by atoms with Gasteiger partial charge in [0.2, 0.25) is 0 Å². The van der Waals surface area contributed by atoms with Gasteiger partial charge in [0, 0.05) is 13.0 Å². The predicted octanol–water partition coefficient (Wildman–Crippen LogP) is 1.47. The van der Waals surface area contributed by atoms with Crippen molar-refractivity contribution in [3.05, 3.63) is 10.6 Å². The third-order valence-corrected chi connectivity index (χ3v) is 3.46. The van der Waals surface area contributed by atoms with Crippen LogP contribution in [0, 0.1) is 12.8 Å². The minimum Gasteiger partial charge on any atom is -0.481 e. The van der Waals surface area contributed by atoms with E-state index < -0.39 is 5.97 Å². The van der Waals surface area contributed by atoms with Crippen LogP contribution < -0.4 is 5.32 Å². The summed E-state index contributed by atoms with van der Waals surface area (Å²) in [5.41, 5.74) is 0.636. The zero-order valence-corrected chi connectivity index (χ0v) is 11.3. The Balaban J connectivity index is 2.24. The number of aliphatic carboxylic acids is 1. The lowest BCUT2D eigenvalue weighted by atomic mass is 10.0. The van der Waals surface area contributed by atoms with Crippen LogP contribution >= 0.6 is 11.5 Å². The van der Waals surface area contributed by atoms with Crippen molar-refractivity contribution >= 4 is 23.4 Å². The average molecular weight is 271 g/mol. The highest BCUT2D eigenvalue weighted by Gasteiger charge is 2.13. The molecule has 1 aromatic rings. The molecule has 0 saturated carbocycles. The number of aromatic nitrogens is 2. The van der Waals surface area contributed by atoms with Gasteiger partial charge in [-0.1, -0.05) is 11.4 Å². The van der Waals surface area contributed by atoms with E-state index in [4.69, 9.17) is 5.11 Å². The standard InChI is InChI=1S/C11H17N3O3S/c1-7(3-4-9(15)16)5-6-12-11(17)10-8(2)13-14-18-10/h7H,3-6H2,1-2H3,(H,12,17)(H,15,16). The minimum absolute atomic E-state index is 0.159. The van der Waals surface area contributed by atoms with E-state index in [0.717, 1.165) is 18.0 Å². The van der Waals surface area contributed by atoms with Crippen LogP contribution in [0.1, 0.15) is 41.6 Å². The summed E-state index contributed by atoms with van der Waals surface area (Å²) in [4.78, 5) is 22.6. The van der Waals surface area contributed by atoms with Gasteiger partial charge in [0.1, 0.15) is 4.88 Å². The van der Waals surface area contributed by atoms with Gasteiger partial charge in [0.15, 0.2) is 0 Å². The molecule has 1 aromatic heterocycles. The molecule has 0 saturated heterocycles. The fraction of sp³-hybridized carbons (Fsp3) is 0.636. The molecule has 1 unspecified atom stereocenters. The first-order valence-corrected chi connectivity index (χ1v) is 6.57. The number of amides is 1. The molecule has 100 valence electrons. The molecule has 0 aliphatic carbocycles. The lowest BCUT2D eigenvalue weighted by Crippen LogP contribution is -2.25. The zero-order chi connectivity index (χ0) is 13.5. The first-order valence-electron chi connectivity index (χ1n) is 5.79. The monoisotopic (exact) mass is 271 g/mol. The molecule has 1 atom stereocenters. The van der Waals surface area contributed by atoms with E-state index >= 15 is 0 Å². The summed E-state index contributed by atoms with van der Waals surface area (Å²) in [7, 11) is 0. The molecule has 2 N–H and O–H groups in total. The second-order valence-electron chi connectivity index (χ2n) is 4.27. The van der Waals surface area contributed by atoms with Crippen molar-refractivity contribution in [1.29, 1.82) is 0 Å². The van der Waals surface area contributed by atoms with Crippen molar-refractivity contribution in [2.45, 2.75) is 33.1 Å².